The number of halogens is 1. The van der Waals surface area contributed by atoms with Crippen molar-refractivity contribution in [1.29, 1.82) is 0 Å². The van der Waals surface area contributed by atoms with E-state index in [1.165, 1.54) is 16.8 Å². The molecule has 0 saturated carbocycles. The average molecular weight is 419 g/mol. The van der Waals surface area contributed by atoms with Crippen LogP contribution in [0.25, 0.3) is 21.3 Å². The van der Waals surface area contributed by atoms with Gasteiger partial charge in [-0.25, -0.2) is 19.3 Å². The number of likely N-dealkylation sites (tertiary alicyclic amines) is 1. The first-order valence-electron chi connectivity index (χ1n) is 10.3. The summed E-state index contributed by atoms with van der Waals surface area (Å²) in [6.45, 7) is 4.81. The molecule has 1 aliphatic heterocycles. The summed E-state index contributed by atoms with van der Waals surface area (Å²) in [5, 5.41) is 1.16. The Bertz CT molecular complexity index is 1140. The lowest BCUT2D eigenvalue weighted by atomic mass is 9.90. The molecule has 0 bridgehead atoms. The average Bonchev–Trinajstić information content (AvgIpc) is 3.17. The largest absolute Gasteiger partial charge is 0.296 e. The number of rotatable bonds is 4. The first-order valence-corrected chi connectivity index (χ1v) is 11.1. The lowest BCUT2D eigenvalue weighted by Crippen LogP contribution is -2.34. The van der Waals surface area contributed by atoms with Crippen molar-refractivity contribution in [2.45, 2.75) is 32.2 Å². The molecule has 152 valence electrons. The molecule has 0 aliphatic carbocycles. The number of hydrogen-bond acceptors (Lipinski definition) is 5. The van der Waals surface area contributed by atoms with Gasteiger partial charge in [0.1, 0.15) is 16.6 Å². The second-order valence-corrected chi connectivity index (χ2v) is 8.99. The van der Waals surface area contributed by atoms with Crippen molar-refractivity contribution in [2.24, 2.45) is 0 Å². The van der Waals surface area contributed by atoms with Crippen molar-refractivity contribution in [2.75, 3.05) is 13.1 Å². The quantitative estimate of drug-likeness (QED) is 0.434. The van der Waals surface area contributed by atoms with Gasteiger partial charge >= 0.3 is 0 Å². The highest BCUT2D eigenvalue weighted by Gasteiger charge is 2.26. The topological polar surface area (TPSA) is 41.9 Å². The van der Waals surface area contributed by atoms with Gasteiger partial charge in [-0.2, -0.15) is 0 Å². The highest BCUT2D eigenvalue weighted by molar-refractivity contribution is 7.18. The Labute approximate surface area is 179 Å². The van der Waals surface area contributed by atoms with Crippen LogP contribution in [-0.4, -0.2) is 32.9 Å². The van der Waals surface area contributed by atoms with Gasteiger partial charge in [0.2, 0.25) is 0 Å². The summed E-state index contributed by atoms with van der Waals surface area (Å²) in [6, 6.07) is 14.9. The van der Waals surface area contributed by atoms with Crippen LogP contribution in [-0.2, 0) is 6.54 Å². The zero-order chi connectivity index (χ0) is 20.5. The van der Waals surface area contributed by atoms with Gasteiger partial charge < -0.3 is 0 Å². The van der Waals surface area contributed by atoms with Crippen LogP contribution in [0.4, 0.5) is 4.39 Å². The number of piperidine rings is 1. The molecule has 4 nitrogen and oxygen atoms in total. The van der Waals surface area contributed by atoms with Gasteiger partial charge in [0, 0.05) is 24.2 Å². The van der Waals surface area contributed by atoms with Crippen molar-refractivity contribution >= 4 is 21.6 Å². The van der Waals surface area contributed by atoms with Crippen LogP contribution in [0.15, 0.2) is 54.7 Å². The van der Waals surface area contributed by atoms with Crippen LogP contribution in [0.5, 0.6) is 0 Å². The minimum absolute atomic E-state index is 0.229. The zero-order valence-corrected chi connectivity index (χ0v) is 17.7. The molecule has 2 aromatic carbocycles. The Hall–Kier alpha value is -2.70. The zero-order valence-electron chi connectivity index (χ0n) is 16.9. The smallest absolute Gasteiger partial charge is 0.125 e. The molecule has 6 heteroatoms. The first-order chi connectivity index (χ1) is 14.7. The SMILES string of the molecule is Cc1ncc(-c2ccc(F)cc2)c(C2CCCN(Cc3nc4ccccc4s3)C2)n1. The molecular weight excluding hydrogens is 395 g/mol. The standard InChI is InChI=1S/C24H23FN4S/c1-16-26-13-20(17-8-10-19(25)11-9-17)24(27-16)18-5-4-12-29(14-18)15-23-28-21-6-2-3-7-22(21)30-23/h2-3,6-11,13,18H,4-5,12,14-15H2,1H3. The van der Waals surface area contributed by atoms with Gasteiger partial charge in [0.25, 0.3) is 0 Å². The summed E-state index contributed by atoms with van der Waals surface area (Å²) in [5.74, 6) is 0.877. The van der Waals surface area contributed by atoms with E-state index in [1.54, 1.807) is 11.3 Å². The summed E-state index contributed by atoms with van der Waals surface area (Å²) in [5.41, 5.74) is 4.13. The monoisotopic (exact) mass is 418 g/mol. The van der Waals surface area contributed by atoms with Crippen molar-refractivity contribution in [3.63, 3.8) is 0 Å². The summed E-state index contributed by atoms with van der Waals surface area (Å²) >= 11 is 1.78. The third kappa shape index (κ3) is 3.98. The van der Waals surface area contributed by atoms with Crippen molar-refractivity contribution in [1.82, 2.24) is 19.9 Å². The van der Waals surface area contributed by atoms with Gasteiger partial charge in [-0.15, -0.1) is 11.3 Å². The number of para-hydroxylation sites is 1. The molecule has 0 spiro atoms. The lowest BCUT2D eigenvalue weighted by Gasteiger charge is -2.32. The van der Waals surface area contributed by atoms with Crippen LogP contribution in [0.1, 0.15) is 35.3 Å². The van der Waals surface area contributed by atoms with E-state index < -0.39 is 0 Å². The molecule has 1 unspecified atom stereocenters. The van der Waals surface area contributed by atoms with Gasteiger partial charge in [-0.1, -0.05) is 24.3 Å². The van der Waals surface area contributed by atoms with Crippen LogP contribution in [0.3, 0.4) is 0 Å². The van der Waals surface area contributed by atoms with Gasteiger partial charge in [0.05, 0.1) is 22.5 Å². The van der Waals surface area contributed by atoms with Crippen molar-refractivity contribution in [3.05, 3.63) is 77.1 Å². The third-order valence-electron chi connectivity index (χ3n) is 5.68. The van der Waals surface area contributed by atoms with E-state index in [4.69, 9.17) is 9.97 Å². The van der Waals surface area contributed by atoms with Gasteiger partial charge in [0.15, 0.2) is 0 Å². The molecule has 0 N–H and O–H groups in total. The third-order valence-corrected chi connectivity index (χ3v) is 6.70. The molecule has 1 saturated heterocycles. The van der Waals surface area contributed by atoms with E-state index in [9.17, 15) is 4.39 Å². The second-order valence-electron chi connectivity index (χ2n) is 7.87. The van der Waals surface area contributed by atoms with E-state index in [2.05, 4.69) is 28.1 Å². The summed E-state index contributed by atoms with van der Waals surface area (Å²) in [6.07, 6.45) is 4.11. The minimum Gasteiger partial charge on any atom is -0.296 e. The molecule has 0 radical (unpaired) electrons. The Balaban J connectivity index is 1.40. The minimum atomic E-state index is -0.229. The second kappa shape index (κ2) is 8.20. The Morgan fingerprint density at radius 2 is 1.93 bits per heavy atom. The number of fused-ring (bicyclic) bond motifs is 1. The maximum absolute atomic E-state index is 13.4. The highest BCUT2D eigenvalue weighted by Crippen LogP contribution is 2.34. The molecule has 1 atom stereocenters. The first kappa shape index (κ1) is 19.3. The molecule has 1 aliphatic rings. The van der Waals surface area contributed by atoms with Crippen molar-refractivity contribution < 1.29 is 4.39 Å². The van der Waals surface area contributed by atoms with E-state index in [0.717, 1.165) is 65.6 Å². The fourth-order valence-corrected chi connectivity index (χ4v) is 5.26. The van der Waals surface area contributed by atoms with Gasteiger partial charge in [-0.05, 0) is 56.1 Å². The normalized spacial score (nSPS) is 17.5. The van der Waals surface area contributed by atoms with E-state index in [-0.39, 0.29) is 5.82 Å². The Morgan fingerprint density at radius 3 is 2.77 bits per heavy atom. The Morgan fingerprint density at radius 1 is 1.10 bits per heavy atom. The van der Waals surface area contributed by atoms with E-state index in [1.807, 2.05) is 31.3 Å². The molecular formula is C24H23FN4S. The molecule has 30 heavy (non-hydrogen) atoms. The molecule has 2 aromatic heterocycles. The molecule has 5 rings (SSSR count). The number of thiazole rings is 1. The van der Waals surface area contributed by atoms with Crippen LogP contribution < -0.4 is 0 Å². The molecule has 3 heterocycles. The van der Waals surface area contributed by atoms with Crippen LogP contribution in [0.2, 0.25) is 0 Å². The number of aromatic nitrogens is 3. The highest BCUT2D eigenvalue weighted by atomic mass is 32.1. The van der Waals surface area contributed by atoms with E-state index in [0.29, 0.717) is 5.92 Å². The maximum atomic E-state index is 13.4. The van der Waals surface area contributed by atoms with Crippen LogP contribution >= 0.6 is 11.3 Å². The maximum Gasteiger partial charge on any atom is 0.125 e. The van der Waals surface area contributed by atoms with E-state index >= 15 is 0 Å². The molecule has 4 aromatic rings. The van der Waals surface area contributed by atoms with Crippen molar-refractivity contribution in [3.8, 4) is 11.1 Å². The predicted octanol–water partition coefficient (Wildman–Crippen LogP) is 5.58. The summed E-state index contributed by atoms with van der Waals surface area (Å²) in [4.78, 5) is 16.5. The summed E-state index contributed by atoms with van der Waals surface area (Å²) < 4.78 is 14.7. The molecule has 1 fully saturated rings. The molecule has 0 amide bonds. The lowest BCUT2D eigenvalue weighted by molar-refractivity contribution is 0.198. The number of nitrogens with zero attached hydrogens (tertiary/aromatic N) is 4. The fourth-order valence-electron chi connectivity index (χ4n) is 4.25. The fraction of sp³-hybridized carbons (Fsp3) is 0.292. The van der Waals surface area contributed by atoms with Crippen LogP contribution in [0, 0.1) is 12.7 Å². The predicted molar refractivity (Wildman–Crippen MR) is 119 cm³/mol. The number of aryl methyl sites for hydroxylation is 1. The number of hydrogen-bond donors (Lipinski definition) is 0. The number of benzene rings is 2. The Kier molecular flexibility index (Phi) is 5.27. The van der Waals surface area contributed by atoms with Gasteiger partial charge in [-0.3, -0.25) is 4.90 Å². The summed E-state index contributed by atoms with van der Waals surface area (Å²) in [7, 11) is 0.